The van der Waals surface area contributed by atoms with Crippen molar-refractivity contribution in [1.29, 1.82) is 0 Å². The molecule has 1 rings (SSSR count). The van der Waals surface area contributed by atoms with E-state index in [-0.39, 0.29) is 6.54 Å². The van der Waals surface area contributed by atoms with Crippen LogP contribution in [0.25, 0.3) is 0 Å². The van der Waals surface area contributed by atoms with E-state index in [0.717, 1.165) is 4.90 Å². The summed E-state index contributed by atoms with van der Waals surface area (Å²) < 4.78 is 0. The van der Waals surface area contributed by atoms with Gasteiger partial charge in [0.1, 0.15) is 18.1 Å². The highest BCUT2D eigenvalue weighted by Gasteiger charge is 2.45. The minimum atomic E-state index is -1.33. The van der Waals surface area contributed by atoms with Gasteiger partial charge < -0.3 is 15.1 Å². The zero-order valence-corrected chi connectivity index (χ0v) is 11.7. The van der Waals surface area contributed by atoms with Crippen LogP contribution in [0.3, 0.4) is 0 Å². The number of amides is 3. The summed E-state index contributed by atoms with van der Waals surface area (Å²) in [6.07, 6.45) is 0. The van der Waals surface area contributed by atoms with Crippen LogP contribution in [-0.2, 0) is 14.4 Å². The second-order valence-corrected chi connectivity index (χ2v) is 4.67. The molecule has 0 saturated carbocycles. The first kappa shape index (κ1) is 17.8. The van der Waals surface area contributed by atoms with Crippen molar-refractivity contribution in [3.8, 4) is 0 Å². The molecule has 12 heteroatoms. The molecule has 8 N–H and O–H groups in total. The van der Waals surface area contributed by atoms with Crippen LogP contribution in [0, 0.1) is 0 Å². The molecule has 3 amide bonds. The molecule has 0 bridgehead atoms. The molecule has 0 aromatic heterocycles. The third-order valence-corrected chi connectivity index (χ3v) is 3.31. The van der Waals surface area contributed by atoms with E-state index < -0.39 is 48.5 Å². The SMILES string of the molecule is CC1C(=O)N(CC(NN)C(=O)O)C(=O)N1CC(NN)C(=O)O. The smallest absolute Gasteiger partial charge is 0.327 e. The summed E-state index contributed by atoms with van der Waals surface area (Å²) in [4.78, 5) is 47.8. The first-order valence-electron chi connectivity index (χ1n) is 6.24. The fourth-order valence-corrected chi connectivity index (χ4v) is 1.96. The molecule has 12 nitrogen and oxygen atoms in total. The van der Waals surface area contributed by atoms with E-state index in [2.05, 4.69) is 0 Å². The fourth-order valence-electron chi connectivity index (χ4n) is 1.96. The van der Waals surface area contributed by atoms with Crippen molar-refractivity contribution in [3.63, 3.8) is 0 Å². The van der Waals surface area contributed by atoms with Crippen LogP contribution in [0.5, 0.6) is 0 Å². The second kappa shape index (κ2) is 7.13. The van der Waals surface area contributed by atoms with Crippen molar-refractivity contribution in [2.24, 2.45) is 11.7 Å². The van der Waals surface area contributed by atoms with Gasteiger partial charge in [-0.1, -0.05) is 0 Å². The van der Waals surface area contributed by atoms with Crippen molar-refractivity contribution in [2.75, 3.05) is 13.1 Å². The monoisotopic (exact) mass is 318 g/mol. The van der Waals surface area contributed by atoms with Crippen molar-refractivity contribution < 1.29 is 29.4 Å². The van der Waals surface area contributed by atoms with Gasteiger partial charge in [-0.15, -0.1) is 0 Å². The number of hydrogen-bond acceptors (Lipinski definition) is 8. The third-order valence-electron chi connectivity index (χ3n) is 3.31. The maximum atomic E-state index is 12.2. The van der Waals surface area contributed by atoms with Crippen LogP contribution in [-0.4, -0.2) is 75.1 Å². The van der Waals surface area contributed by atoms with Gasteiger partial charge in [0.05, 0.1) is 13.1 Å². The van der Waals surface area contributed by atoms with E-state index in [0.29, 0.717) is 4.90 Å². The number of carboxylic acids is 2. The number of carbonyl (C=O) groups is 4. The summed E-state index contributed by atoms with van der Waals surface area (Å²) in [5, 5.41) is 17.8. The standard InChI is InChI=1S/C10H18N6O6/c1-4-7(17)16(3-6(14-12)9(20)21)10(22)15(4)2-5(13-11)8(18)19/h4-6,13-14H,2-3,11-12H2,1H3,(H,18,19)(H,20,21). The van der Waals surface area contributed by atoms with Crippen LogP contribution in [0.15, 0.2) is 0 Å². The van der Waals surface area contributed by atoms with Crippen molar-refractivity contribution in [1.82, 2.24) is 20.7 Å². The molecule has 124 valence electrons. The number of hydrogen-bond donors (Lipinski definition) is 6. The highest BCUT2D eigenvalue weighted by atomic mass is 16.4. The molecule has 0 aromatic carbocycles. The van der Waals surface area contributed by atoms with E-state index >= 15 is 0 Å². The van der Waals surface area contributed by atoms with E-state index in [1.165, 1.54) is 6.92 Å². The quantitative estimate of drug-likeness (QED) is 0.148. The largest absolute Gasteiger partial charge is 0.480 e. The zero-order chi connectivity index (χ0) is 17.0. The maximum absolute atomic E-state index is 12.2. The Morgan fingerprint density at radius 3 is 2.00 bits per heavy atom. The minimum absolute atomic E-state index is 0.345. The third kappa shape index (κ3) is 3.48. The Labute approximate surface area is 124 Å². The number of nitrogens with two attached hydrogens (primary N) is 2. The van der Waals surface area contributed by atoms with Crippen LogP contribution in [0.1, 0.15) is 6.92 Å². The molecule has 3 unspecified atom stereocenters. The Bertz CT molecular complexity index is 485. The van der Waals surface area contributed by atoms with Gasteiger partial charge in [-0.3, -0.25) is 31.0 Å². The van der Waals surface area contributed by atoms with Crippen molar-refractivity contribution >= 4 is 23.9 Å². The molecule has 0 aromatic rings. The second-order valence-electron chi connectivity index (χ2n) is 4.67. The fraction of sp³-hybridized carbons (Fsp3) is 0.600. The maximum Gasteiger partial charge on any atom is 0.327 e. The number of imide groups is 1. The number of aliphatic carboxylic acids is 2. The molecule has 0 radical (unpaired) electrons. The lowest BCUT2D eigenvalue weighted by atomic mass is 10.2. The molecule has 3 atom stereocenters. The molecule has 1 fully saturated rings. The predicted octanol–water partition coefficient (Wildman–Crippen LogP) is -3.53. The highest BCUT2D eigenvalue weighted by molar-refractivity contribution is 6.04. The van der Waals surface area contributed by atoms with Gasteiger partial charge in [0.2, 0.25) is 0 Å². The Balaban J connectivity index is 2.88. The topological polar surface area (TPSA) is 191 Å². The summed E-state index contributed by atoms with van der Waals surface area (Å²) in [6, 6.07) is -4.33. The summed E-state index contributed by atoms with van der Waals surface area (Å²) in [7, 11) is 0. The first-order chi connectivity index (χ1) is 10.2. The van der Waals surface area contributed by atoms with Gasteiger partial charge in [0, 0.05) is 0 Å². The number of nitrogens with zero attached hydrogens (tertiary/aromatic N) is 2. The van der Waals surface area contributed by atoms with Crippen molar-refractivity contribution in [3.05, 3.63) is 0 Å². The average molecular weight is 318 g/mol. The van der Waals surface area contributed by atoms with E-state index in [4.69, 9.17) is 21.9 Å². The van der Waals surface area contributed by atoms with Crippen LogP contribution >= 0.6 is 0 Å². The minimum Gasteiger partial charge on any atom is -0.480 e. The van der Waals surface area contributed by atoms with Gasteiger partial charge in [0.15, 0.2) is 0 Å². The summed E-state index contributed by atoms with van der Waals surface area (Å²) >= 11 is 0. The number of urea groups is 1. The van der Waals surface area contributed by atoms with Crippen LogP contribution < -0.4 is 22.5 Å². The van der Waals surface area contributed by atoms with Gasteiger partial charge in [-0.2, -0.15) is 0 Å². The summed E-state index contributed by atoms with van der Waals surface area (Å²) in [5.41, 5.74) is 4.00. The van der Waals surface area contributed by atoms with E-state index in [1.807, 2.05) is 10.9 Å². The molecule has 1 aliphatic rings. The molecule has 0 spiro atoms. The lowest BCUT2D eigenvalue weighted by Gasteiger charge is -2.23. The van der Waals surface area contributed by atoms with Gasteiger partial charge in [-0.05, 0) is 6.92 Å². The molecule has 1 heterocycles. The molecular weight excluding hydrogens is 300 g/mol. The van der Waals surface area contributed by atoms with Gasteiger partial charge in [-0.25, -0.2) is 15.6 Å². The lowest BCUT2D eigenvalue weighted by molar-refractivity contribution is -0.141. The van der Waals surface area contributed by atoms with Crippen LogP contribution in [0.4, 0.5) is 4.79 Å². The Hall–Kier alpha value is -2.28. The zero-order valence-electron chi connectivity index (χ0n) is 11.7. The summed E-state index contributed by atoms with van der Waals surface area (Å²) in [6.45, 7) is 0.585. The number of rotatable bonds is 8. The number of hydrazine groups is 2. The predicted molar refractivity (Wildman–Crippen MR) is 70.8 cm³/mol. The molecule has 22 heavy (non-hydrogen) atoms. The molecule has 1 aliphatic heterocycles. The highest BCUT2D eigenvalue weighted by Crippen LogP contribution is 2.18. The lowest BCUT2D eigenvalue weighted by Crippen LogP contribution is -2.52. The van der Waals surface area contributed by atoms with Gasteiger partial charge >= 0.3 is 18.0 Å². The Kier molecular flexibility index (Phi) is 5.76. The average Bonchev–Trinajstić information content (AvgIpc) is 2.65. The molecule has 1 saturated heterocycles. The van der Waals surface area contributed by atoms with Crippen LogP contribution in [0.2, 0.25) is 0 Å². The van der Waals surface area contributed by atoms with Crippen molar-refractivity contribution in [2.45, 2.75) is 25.0 Å². The number of carboxylic acid groups (broad SMARTS) is 2. The summed E-state index contributed by atoms with van der Waals surface area (Å²) in [5.74, 6) is 6.87. The number of nitrogens with one attached hydrogen (secondary N) is 2. The number of carbonyl (C=O) groups excluding carboxylic acids is 2. The molecule has 0 aliphatic carbocycles. The molecular formula is C10H18N6O6. The van der Waals surface area contributed by atoms with Gasteiger partial charge in [0.25, 0.3) is 5.91 Å². The first-order valence-corrected chi connectivity index (χ1v) is 6.24. The Morgan fingerprint density at radius 2 is 1.59 bits per heavy atom. The Morgan fingerprint density at radius 1 is 1.14 bits per heavy atom. The van der Waals surface area contributed by atoms with E-state index in [1.54, 1.807) is 0 Å². The van der Waals surface area contributed by atoms with E-state index in [9.17, 15) is 19.2 Å². The normalized spacial score (nSPS) is 21.1.